The number of nitrogens with zero attached hydrogens (tertiary/aromatic N) is 1. The lowest BCUT2D eigenvalue weighted by molar-refractivity contribution is 0.0902. The Labute approximate surface area is 90.9 Å². The molecule has 1 aliphatic rings. The first-order chi connectivity index (χ1) is 7.34. The molecule has 1 unspecified atom stereocenters. The third-order valence-corrected chi connectivity index (χ3v) is 2.71. The van der Waals surface area contributed by atoms with Crippen molar-refractivity contribution in [3.8, 4) is 0 Å². The molecule has 0 spiro atoms. The molecular formula is C12H18N2O. The SMILES string of the molecule is Cc1cccc(COCC2CCNC2)n1. The third kappa shape index (κ3) is 3.29. The van der Waals surface area contributed by atoms with E-state index in [-0.39, 0.29) is 0 Å². The predicted molar refractivity (Wildman–Crippen MR) is 59.6 cm³/mol. The normalized spacial score (nSPS) is 20.7. The molecule has 2 heterocycles. The summed E-state index contributed by atoms with van der Waals surface area (Å²) in [6.45, 7) is 5.73. The maximum Gasteiger partial charge on any atom is 0.0888 e. The fraction of sp³-hybridized carbons (Fsp3) is 0.583. The molecule has 1 aromatic rings. The first kappa shape index (κ1) is 10.6. The fourth-order valence-corrected chi connectivity index (χ4v) is 1.87. The van der Waals surface area contributed by atoms with Gasteiger partial charge in [-0.15, -0.1) is 0 Å². The van der Waals surface area contributed by atoms with Gasteiger partial charge in [0.15, 0.2) is 0 Å². The molecule has 1 aromatic heterocycles. The number of nitrogens with one attached hydrogen (secondary N) is 1. The van der Waals surface area contributed by atoms with E-state index >= 15 is 0 Å². The zero-order chi connectivity index (χ0) is 10.5. The van der Waals surface area contributed by atoms with Crippen molar-refractivity contribution < 1.29 is 4.74 Å². The van der Waals surface area contributed by atoms with Crippen molar-refractivity contribution in [3.63, 3.8) is 0 Å². The number of aromatic nitrogens is 1. The fourth-order valence-electron chi connectivity index (χ4n) is 1.87. The molecule has 82 valence electrons. The van der Waals surface area contributed by atoms with Gasteiger partial charge in [-0.2, -0.15) is 0 Å². The number of rotatable bonds is 4. The van der Waals surface area contributed by atoms with E-state index in [1.165, 1.54) is 6.42 Å². The van der Waals surface area contributed by atoms with Gasteiger partial charge in [0.1, 0.15) is 0 Å². The van der Waals surface area contributed by atoms with Gasteiger partial charge < -0.3 is 10.1 Å². The molecule has 3 heteroatoms. The average Bonchev–Trinajstić information content (AvgIpc) is 2.71. The summed E-state index contributed by atoms with van der Waals surface area (Å²) in [7, 11) is 0. The molecular weight excluding hydrogens is 188 g/mol. The lowest BCUT2D eigenvalue weighted by Crippen LogP contribution is -2.14. The van der Waals surface area contributed by atoms with Crippen LogP contribution in [0.1, 0.15) is 17.8 Å². The van der Waals surface area contributed by atoms with Gasteiger partial charge in [-0.25, -0.2) is 0 Å². The molecule has 0 amide bonds. The largest absolute Gasteiger partial charge is 0.375 e. The zero-order valence-electron chi connectivity index (χ0n) is 9.20. The standard InChI is InChI=1S/C12H18N2O/c1-10-3-2-4-12(14-10)9-15-8-11-5-6-13-7-11/h2-4,11,13H,5-9H2,1H3. The number of hydrogen-bond acceptors (Lipinski definition) is 3. The summed E-state index contributed by atoms with van der Waals surface area (Å²) in [4.78, 5) is 4.40. The number of ether oxygens (including phenoxy) is 1. The lowest BCUT2D eigenvalue weighted by Gasteiger charge is -2.09. The molecule has 1 N–H and O–H groups in total. The Hall–Kier alpha value is -0.930. The van der Waals surface area contributed by atoms with Crippen LogP contribution in [0.2, 0.25) is 0 Å². The molecule has 0 radical (unpaired) electrons. The first-order valence-electron chi connectivity index (χ1n) is 5.55. The maximum absolute atomic E-state index is 5.66. The summed E-state index contributed by atoms with van der Waals surface area (Å²) in [5.41, 5.74) is 2.08. The molecule has 1 fully saturated rings. The molecule has 1 saturated heterocycles. The van der Waals surface area contributed by atoms with Gasteiger partial charge in [0.05, 0.1) is 18.9 Å². The van der Waals surface area contributed by atoms with Crippen molar-refractivity contribution in [2.45, 2.75) is 20.0 Å². The zero-order valence-corrected chi connectivity index (χ0v) is 9.20. The highest BCUT2D eigenvalue weighted by molar-refractivity contribution is 5.08. The highest BCUT2D eigenvalue weighted by atomic mass is 16.5. The van der Waals surface area contributed by atoms with Crippen molar-refractivity contribution in [1.82, 2.24) is 10.3 Å². The van der Waals surface area contributed by atoms with Crippen LogP contribution in [0.3, 0.4) is 0 Å². The van der Waals surface area contributed by atoms with E-state index < -0.39 is 0 Å². The Morgan fingerprint density at radius 3 is 3.20 bits per heavy atom. The van der Waals surface area contributed by atoms with Crippen molar-refractivity contribution in [2.24, 2.45) is 5.92 Å². The summed E-state index contributed by atoms with van der Waals surface area (Å²) < 4.78 is 5.66. The van der Waals surface area contributed by atoms with Crippen molar-refractivity contribution in [2.75, 3.05) is 19.7 Å². The van der Waals surface area contributed by atoms with Crippen molar-refractivity contribution in [3.05, 3.63) is 29.6 Å². The highest BCUT2D eigenvalue weighted by Crippen LogP contribution is 2.09. The third-order valence-electron chi connectivity index (χ3n) is 2.71. The highest BCUT2D eigenvalue weighted by Gasteiger charge is 2.14. The molecule has 0 saturated carbocycles. The molecule has 15 heavy (non-hydrogen) atoms. The molecule has 0 aromatic carbocycles. The predicted octanol–water partition coefficient (Wildman–Crippen LogP) is 1.52. The monoisotopic (exact) mass is 206 g/mol. The van der Waals surface area contributed by atoms with Crippen molar-refractivity contribution in [1.29, 1.82) is 0 Å². The Balaban J connectivity index is 1.73. The van der Waals surface area contributed by atoms with E-state index in [1.807, 2.05) is 25.1 Å². The summed E-state index contributed by atoms with van der Waals surface area (Å²) in [5.74, 6) is 0.690. The molecule has 1 aliphatic heterocycles. The van der Waals surface area contributed by atoms with Gasteiger partial charge in [-0.05, 0) is 37.9 Å². The minimum atomic E-state index is 0.637. The van der Waals surface area contributed by atoms with Crippen LogP contribution in [0.15, 0.2) is 18.2 Å². The van der Waals surface area contributed by atoms with Crippen LogP contribution in [0, 0.1) is 12.8 Å². The van der Waals surface area contributed by atoms with Crippen LogP contribution in [0.5, 0.6) is 0 Å². The van der Waals surface area contributed by atoms with E-state index in [0.717, 1.165) is 31.1 Å². The molecule has 3 nitrogen and oxygen atoms in total. The summed E-state index contributed by atoms with van der Waals surface area (Å²) >= 11 is 0. The minimum Gasteiger partial charge on any atom is -0.375 e. The molecule has 0 bridgehead atoms. The van der Waals surface area contributed by atoms with Crippen molar-refractivity contribution >= 4 is 0 Å². The van der Waals surface area contributed by atoms with Gasteiger partial charge in [0.25, 0.3) is 0 Å². The average molecular weight is 206 g/mol. The smallest absolute Gasteiger partial charge is 0.0888 e. The van der Waals surface area contributed by atoms with Crippen LogP contribution in [0.25, 0.3) is 0 Å². The van der Waals surface area contributed by atoms with Gasteiger partial charge in [0.2, 0.25) is 0 Å². The van der Waals surface area contributed by atoms with Crippen LogP contribution < -0.4 is 5.32 Å². The van der Waals surface area contributed by atoms with Gasteiger partial charge in [-0.1, -0.05) is 6.07 Å². The van der Waals surface area contributed by atoms with Gasteiger partial charge in [0, 0.05) is 12.2 Å². The van der Waals surface area contributed by atoms with E-state index in [4.69, 9.17) is 4.74 Å². The van der Waals surface area contributed by atoms with Crippen LogP contribution >= 0.6 is 0 Å². The number of aryl methyl sites for hydroxylation is 1. The molecule has 0 aliphatic carbocycles. The summed E-state index contributed by atoms with van der Waals surface area (Å²) in [6.07, 6.45) is 1.24. The van der Waals surface area contributed by atoms with E-state index in [0.29, 0.717) is 12.5 Å². The Morgan fingerprint density at radius 1 is 1.53 bits per heavy atom. The Morgan fingerprint density at radius 2 is 2.47 bits per heavy atom. The summed E-state index contributed by atoms with van der Waals surface area (Å²) in [5, 5.41) is 3.33. The van der Waals surface area contributed by atoms with E-state index in [9.17, 15) is 0 Å². The Bertz CT molecular complexity index is 308. The minimum absolute atomic E-state index is 0.637. The van der Waals surface area contributed by atoms with E-state index in [2.05, 4.69) is 10.3 Å². The quantitative estimate of drug-likeness (QED) is 0.811. The second-order valence-corrected chi connectivity index (χ2v) is 4.14. The maximum atomic E-state index is 5.66. The lowest BCUT2D eigenvalue weighted by atomic mass is 10.1. The van der Waals surface area contributed by atoms with Gasteiger partial charge >= 0.3 is 0 Å². The summed E-state index contributed by atoms with van der Waals surface area (Å²) in [6, 6.07) is 6.04. The Kier molecular flexibility index (Phi) is 3.69. The first-order valence-corrected chi connectivity index (χ1v) is 5.55. The molecule has 1 atom stereocenters. The van der Waals surface area contributed by atoms with Crippen LogP contribution in [-0.4, -0.2) is 24.7 Å². The van der Waals surface area contributed by atoms with E-state index in [1.54, 1.807) is 0 Å². The number of pyridine rings is 1. The second-order valence-electron chi connectivity index (χ2n) is 4.14. The van der Waals surface area contributed by atoms with Crippen LogP contribution in [-0.2, 0) is 11.3 Å². The second kappa shape index (κ2) is 5.24. The number of hydrogen-bond donors (Lipinski definition) is 1. The molecule has 2 rings (SSSR count). The van der Waals surface area contributed by atoms with Gasteiger partial charge in [-0.3, -0.25) is 4.98 Å². The van der Waals surface area contributed by atoms with Crippen LogP contribution in [0.4, 0.5) is 0 Å². The topological polar surface area (TPSA) is 34.1 Å².